The molecule has 0 aliphatic carbocycles. The van der Waals surface area contributed by atoms with Crippen LogP contribution in [0.2, 0.25) is 0 Å². The van der Waals surface area contributed by atoms with E-state index in [1.807, 2.05) is 19.9 Å². The van der Waals surface area contributed by atoms with E-state index in [9.17, 15) is 4.79 Å². The SMILES string of the molecule is CCNc1cc(C(=O)NCCOCCOC)cc(CC)n1. The minimum atomic E-state index is -0.110. The van der Waals surface area contributed by atoms with E-state index in [-0.39, 0.29) is 5.91 Å². The Hall–Kier alpha value is -1.66. The summed E-state index contributed by atoms with van der Waals surface area (Å²) >= 11 is 0. The molecule has 1 heterocycles. The first-order valence-electron chi connectivity index (χ1n) is 7.31. The molecule has 0 unspecified atom stereocenters. The van der Waals surface area contributed by atoms with Crippen molar-refractivity contribution < 1.29 is 14.3 Å². The Morgan fingerprint density at radius 1 is 1.24 bits per heavy atom. The predicted molar refractivity (Wildman–Crippen MR) is 82.8 cm³/mol. The minimum Gasteiger partial charge on any atom is -0.382 e. The van der Waals surface area contributed by atoms with Crippen LogP contribution < -0.4 is 10.6 Å². The van der Waals surface area contributed by atoms with Crippen molar-refractivity contribution >= 4 is 11.7 Å². The fraction of sp³-hybridized carbons (Fsp3) is 0.600. The molecule has 118 valence electrons. The van der Waals surface area contributed by atoms with Crippen molar-refractivity contribution in [3.63, 3.8) is 0 Å². The number of amides is 1. The molecule has 1 rings (SSSR count). The van der Waals surface area contributed by atoms with Crippen LogP contribution in [0.25, 0.3) is 0 Å². The van der Waals surface area contributed by atoms with Crippen LogP contribution in [0.5, 0.6) is 0 Å². The molecule has 0 aliphatic rings. The van der Waals surface area contributed by atoms with E-state index in [1.165, 1.54) is 0 Å². The number of carbonyl (C=O) groups is 1. The largest absolute Gasteiger partial charge is 0.382 e. The number of aryl methyl sites for hydroxylation is 1. The van der Waals surface area contributed by atoms with Gasteiger partial charge in [0.2, 0.25) is 0 Å². The van der Waals surface area contributed by atoms with Crippen LogP contribution in [-0.2, 0) is 15.9 Å². The van der Waals surface area contributed by atoms with E-state index in [1.54, 1.807) is 13.2 Å². The van der Waals surface area contributed by atoms with Crippen molar-refractivity contribution in [2.24, 2.45) is 0 Å². The van der Waals surface area contributed by atoms with Crippen LogP contribution in [0.15, 0.2) is 12.1 Å². The zero-order chi connectivity index (χ0) is 15.5. The Balaban J connectivity index is 2.50. The van der Waals surface area contributed by atoms with Crippen LogP contribution in [0, 0.1) is 0 Å². The summed E-state index contributed by atoms with van der Waals surface area (Å²) in [5.74, 6) is 0.625. The maximum Gasteiger partial charge on any atom is 0.251 e. The number of carbonyl (C=O) groups excluding carboxylic acids is 1. The molecule has 0 aromatic carbocycles. The Morgan fingerprint density at radius 3 is 2.71 bits per heavy atom. The predicted octanol–water partition coefficient (Wildman–Crippen LogP) is 1.47. The first-order valence-corrected chi connectivity index (χ1v) is 7.31. The van der Waals surface area contributed by atoms with Gasteiger partial charge >= 0.3 is 0 Å². The lowest BCUT2D eigenvalue weighted by Gasteiger charge is -2.10. The van der Waals surface area contributed by atoms with Crippen molar-refractivity contribution in [2.75, 3.05) is 45.3 Å². The third-order valence-corrected chi connectivity index (χ3v) is 2.82. The summed E-state index contributed by atoms with van der Waals surface area (Å²) in [6.07, 6.45) is 0.791. The number of nitrogens with one attached hydrogen (secondary N) is 2. The second kappa shape index (κ2) is 10.1. The summed E-state index contributed by atoms with van der Waals surface area (Å²) in [4.78, 5) is 16.5. The molecule has 1 amide bonds. The van der Waals surface area contributed by atoms with Crippen molar-refractivity contribution in [3.8, 4) is 0 Å². The Kier molecular flexibility index (Phi) is 8.38. The van der Waals surface area contributed by atoms with Gasteiger partial charge in [0.1, 0.15) is 5.82 Å². The maximum atomic E-state index is 12.1. The molecule has 0 aliphatic heterocycles. The van der Waals surface area contributed by atoms with Crippen LogP contribution in [0.3, 0.4) is 0 Å². The molecule has 0 spiro atoms. The van der Waals surface area contributed by atoms with Gasteiger partial charge in [-0.15, -0.1) is 0 Å². The Bertz CT molecular complexity index is 438. The third kappa shape index (κ3) is 6.55. The molecule has 0 fully saturated rings. The lowest BCUT2D eigenvalue weighted by molar-refractivity contribution is 0.0692. The van der Waals surface area contributed by atoms with Crippen molar-refractivity contribution in [1.82, 2.24) is 10.3 Å². The summed E-state index contributed by atoms with van der Waals surface area (Å²) < 4.78 is 10.2. The minimum absolute atomic E-state index is 0.110. The summed E-state index contributed by atoms with van der Waals surface area (Å²) in [6, 6.07) is 3.59. The summed E-state index contributed by atoms with van der Waals surface area (Å²) in [5.41, 5.74) is 1.52. The highest BCUT2D eigenvalue weighted by atomic mass is 16.5. The standard InChI is InChI=1S/C15H25N3O3/c1-4-13-10-12(11-14(18-13)16-5-2)15(19)17-6-7-21-9-8-20-3/h10-11H,4-9H2,1-3H3,(H,16,18)(H,17,19). The topological polar surface area (TPSA) is 72.5 Å². The van der Waals surface area contributed by atoms with Gasteiger partial charge < -0.3 is 20.1 Å². The maximum absolute atomic E-state index is 12.1. The molecule has 1 aromatic rings. The number of anilines is 1. The molecule has 21 heavy (non-hydrogen) atoms. The number of ether oxygens (including phenoxy) is 2. The van der Waals surface area contributed by atoms with Gasteiger partial charge in [-0.3, -0.25) is 4.79 Å². The molecule has 6 heteroatoms. The fourth-order valence-electron chi connectivity index (χ4n) is 1.75. The van der Waals surface area contributed by atoms with Crippen LogP contribution in [0.1, 0.15) is 29.9 Å². The molecule has 6 nitrogen and oxygen atoms in total. The van der Waals surface area contributed by atoms with E-state index < -0.39 is 0 Å². The average molecular weight is 295 g/mol. The van der Waals surface area contributed by atoms with Gasteiger partial charge in [-0.05, 0) is 25.5 Å². The average Bonchev–Trinajstić information content (AvgIpc) is 2.50. The van der Waals surface area contributed by atoms with Gasteiger partial charge in [0.15, 0.2) is 0 Å². The highest BCUT2D eigenvalue weighted by Gasteiger charge is 2.08. The lowest BCUT2D eigenvalue weighted by Crippen LogP contribution is -2.28. The molecule has 0 saturated carbocycles. The Morgan fingerprint density at radius 2 is 2.05 bits per heavy atom. The normalized spacial score (nSPS) is 10.4. The second-order valence-corrected chi connectivity index (χ2v) is 4.48. The highest BCUT2D eigenvalue weighted by molar-refractivity contribution is 5.95. The van der Waals surface area contributed by atoms with Crippen LogP contribution in [-0.4, -0.2) is 50.9 Å². The monoisotopic (exact) mass is 295 g/mol. The van der Waals surface area contributed by atoms with E-state index >= 15 is 0 Å². The number of hydrogen-bond acceptors (Lipinski definition) is 5. The van der Waals surface area contributed by atoms with Gasteiger partial charge in [-0.1, -0.05) is 6.92 Å². The summed E-state index contributed by atoms with van der Waals surface area (Å²) in [6.45, 7) is 6.83. The number of nitrogens with zero attached hydrogens (tertiary/aromatic N) is 1. The number of aromatic nitrogens is 1. The summed E-state index contributed by atoms with van der Waals surface area (Å²) in [7, 11) is 1.63. The molecule has 0 radical (unpaired) electrons. The van der Waals surface area contributed by atoms with E-state index in [2.05, 4.69) is 15.6 Å². The fourth-order valence-corrected chi connectivity index (χ4v) is 1.75. The number of rotatable bonds is 10. The van der Waals surface area contributed by atoms with Gasteiger partial charge in [-0.2, -0.15) is 0 Å². The lowest BCUT2D eigenvalue weighted by atomic mass is 10.2. The van der Waals surface area contributed by atoms with E-state index in [4.69, 9.17) is 9.47 Å². The van der Waals surface area contributed by atoms with Crippen molar-refractivity contribution in [2.45, 2.75) is 20.3 Å². The first kappa shape index (κ1) is 17.4. The second-order valence-electron chi connectivity index (χ2n) is 4.48. The molecule has 0 atom stereocenters. The number of methoxy groups -OCH3 is 1. The Labute approximate surface area is 126 Å². The highest BCUT2D eigenvalue weighted by Crippen LogP contribution is 2.11. The van der Waals surface area contributed by atoms with Crippen LogP contribution >= 0.6 is 0 Å². The first-order chi connectivity index (χ1) is 10.2. The summed E-state index contributed by atoms with van der Waals surface area (Å²) in [5, 5.41) is 5.97. The van der Waals surface area contributed by atoms with Crippen LogP contribution in [0.4, 0.5) is 5.82 Å². The third-order valence-electron chi connectivity index (χ3n) is 2.82. The molecule has 0 bridgehead atoms. The number of pyridine rings is 1. The quantitative estimate of drug-likeness (QED) is 0.640. The van der Waals surface area contributed by atoms with E-state index in [0.717, 1.165) is 24.5 Å². The molecular formula is C15H25N3O3. The van der Waals surface area contributed by atoms with E-state index in [0.29, 0.717) is 31.9 Å². The molecule has 0 saturated heterocycles. The van der Waals surface area contributed by atoms with Gasteiger partial charge in [0, 0.05) is 31.5 Å². The molecule has 1 aromatic heterocycles. The zero-order valence-corrected chi connectivity index (χ0v) is 13.1. The van der Waals surface area contributed by atoms with Gasteiger partial charge in [0.25, 0.3) is 5.91 Å². The molecular weight excluding hydrogens is 270 g/mol. The van der Waals surface area contributed by atoms with Gasteiger partial charge in [0.05, 0.1) is 19.8 Å². The molecule has 2 N–H and O–H groups in total. The van der Waals surface area contributed by atoms with Gasteiger partial charge in [-0.25, -0.2) is 4.98 Å². The van der Waals surface area contributed by atoms with Crippen molar-refractivity contribution in [3.05, 3.63) is 23.4 Å². The van der Waals surface area contributed by atoms with Crippen molar-refractivity contribution in [1.29, 1.82) is 0 Å². The zero-order valence-electron chi connectivity index (χ0n) is 13.1. The number of hydrogen-bond donors (Lipinski definition) is 2. The smallest absolute Gasteiger partial charge is 0.251 e.